The molecule has 0 saturated heterocycles. The maximum Gasteiger partial charge on any atom is 0.246 e. The summed E-state index contributed by atoms with van der Waals surface area (Å²) in [6.07, 6.45) is 0. The van der Waals surface area contributed by atoms with Gasteiger partial charge in [0.25, 0.3) is 0 Å². The second kappa shape index (κ2) is 14.1. The van der Waals surface area contributed by atoms with Gasteiger partial charge >= 0.3 is 0 Å². The van der Waals surface area contributed by atoms with Crippen molar-refractivity contribution in [3.63, 3.8) is 0 Å². The van der Waals surface area contributed by atoms with Gasteiger partial charge in [-0.25, -0.2) is 0 Å². The Hall–Kier alpha value is -3.81. The second-order valence-corrected chi connectivity index (χ2v) is 21.3. The van der Waals surface area contributed by atoms with E-state index in [0.717, 1.165) is 0 Å². The number of rotatable bonds is 12. The van der Waals surface area contributed by atoms with Crippen molar-refractivity contribution in [1.29, 1.82) is 0 Å². The summed E-state index contributed by atoms with van der Waals surface area (Å²) in [4.78, 5) is 1.79. The molecule has 61 heavy (non-hydrogen) atoms. The summed E-state index contributed by atoms with van der Waals surface area (Å²) in [7, 11) is 0. The number of hydrogen-bond donors (Lipinski definition) is 3. The Morgan fingerprint density at radius 1 is 0.311 bits per heavy atom. The van der Waals surface area contributed by atoms with Crippen LogP contribution in [0.2, 0.25) is 0 Å². The zero-order chi connectivity index (χ0) is 43.8. The number of aliphatic hydroxyl groups excluding tert-OH is 3. The molecule has 3 N–H and O–H groups in total. The molecule has 0 saturated carbocycles. The van der Waals surface area contributed by atoms with Gasteiger partial charge in [-0.2, -0.15) is 0 Å². The third-order valence-electron chi connectivity index (χ3n) is 10.00. The van der Waals surface area contributed by atoms with E-state index in [9.17, 15) is 15.3 Å². The Morgan fingerprint density at radius 3 is 0.639 bits per heavy atom. The minimum atomic E-state index is -1.17. The van der Waals surface area contributed by atoms with Crippen LogP contribution in [0.3, 0.4) is 0 Å². The molecule has 0 bridgehead atoms. The molecule has 3 aromatic carbocycles. The number of ether oxygens (including phenoxy) is 12. The molecular formula is C43H52O15S3. The van der Waals surface area contributed by atoms with Gasteiger partial charge in [0, 0.05) is 100 Å². The van der Waals surface area contributed by atoms with Crippen molar-refractivity contribution in [2.75, 3.05) is 37.1 Å². The number of aliphatic hydroxyl groups is 3. The molecule has 0 unspecified atom stereocenters. The van der Waals surface area contributed by atoms with Crippen LogP contribution in [-0.4, -0.2) is 87.1 Å². The van der Waals surface area contributed by atoms with Crippen molar-refractivity contribution in [3.8, 4) is 69.0 Å². The van der Waals surface area contributed by atoms with Crippen molar-refractivity contribution in [1.82, 2.24) is 0 Å². The highest BCUT2D eigenvalue weighted by molar-refractivity contribution is 8.00. The van der Waals surface area contributed by atoms with E-state index in [-0.39, 0.29) is 19.8 Å². The van der Waals surface area contributed by atoms with E-state index in [2.05, 4.69) is 0 Å². The van der Waals surface area contributed by atoms with E-state index < -0.39 is 40.6 Å². The van der Waals surface area contributed by atoms with E-state index in [0.29, 0.717) is 118 Å². The summed E-state index contributed by atoms with van der Waals surface area (Å²) in [6.45, 7) is 21.4. The van der Waals surface area contributed by atoms with Crippen LogP contribution in [0.15, 0.2) is 14.7 Å². The van der Waals surface area contributed by atoms with Gasteiger partial charge in [0.05, 0.1) is 57.1 Å². The molecule has 6 heterocycles. The molecule has 9 rings (SSSR count). The molecular weight excluding hydrogens is 853 g/mol. The lowest BCUT2D eigenvalue weighted by Crippen LogP contribution is -2.32. The smallest absolute Gasteiger partial charge is 0.246 e. The molecule has 0 atom stereocenters. The van der Waals surface area contributed by atoms with Crippen molar-refractivity contribution in [3.05, 3.63) is 16.7 Å². The highest BCUT2D eigenvalue weighted by atomic mass is 32.2. The first-order valence-corrected chi connectivity index (χ1v) is 23.1. The molecule has 0 aliphatic carbocycles. The molecule has 0 aromatic heterocycles. The highest BCUT2D eigenvalue weighted by Crippen LogP contribution is 2.72. The van der Waals surface area contributed by atoms with Crippen LogP contribution in [0.1, 0.15) is 106 Å². The zero-order valence-corrected chi connectivity index (χ0v) is 38.7. The van der Waals surface area contributed by atoms with Gasteiger partial charge < -0.3 is 72.2 Å². The molecule has 6 aliphatic heterocycles. The van der Waals surface area contributed by atoms with Crippen LogP contribution < -0.4 is 56.8 Å². The van der Waals surface area contributed by atoms with Crippen molar-refractivity contribution in [2.45, 2.75) is 138 Å². The fourth-order valence-electron chi connectivity index (χ4n) is 8.27. The standard InChI is InChI=1S/C43H52O15S3/c1-38(2)47-23-20(24-30(54-39(3,4)48-24)35(29(23)53-38)59-16-13-44)19(21-25-31(55-40(5,6)49-25)36(60-17-14-45)32-26(21)50-41(7,8)56-32)22-27-33(57-42(9,10)51-27)37(61-18-15-46)34-28(22)52-43(11,12)58-34/h19,44-46H,13-18H2,1-12H3. The third-order valence-corrected chi connectivity index (χ3v) is 13.1. The molecule has 332 valence electrons. The Labute approximate surface area is 367 Å². The lowest BCUT2D eigenvalue weighted by molar-refractivity contribution is -0.0510. The SMILES string of the molecule is CC1(C)Oc2c(c(C(c3c4c(c(SCCO)c5c3OC(C)(C)O5)OC(C)(C)O4)c3c4c(c(SCCO)c5c3OC(C)(C)O5)OC(C)(C)O4)c3c(c2SCCO)OC(C)(C)O3)O1. The van der Waals surface area contributed by atoms with Crippen molar-refractivity contribution >= 4 is 35.3 Å². The predicted molar refractivity (Wildman–Crippen MR) is 226 cm³/mol. The monoisotopic (exact) mass is 904 g/mol. The van der Waals surface area contributed by atoms with E-state index in [1.54, 1.807) is 0 Å². The molecule has 0 amide bonds. The average molecular weight is 905 g/mol. The van der Waals surface area contributed by atoms with Gasteiger partial charge in [-0.15, -0.1) is 35.3 Å². The van der Waals surface area contributed by atoms with Crippen LogP contribution in [0, 0.1) is 0 Å². The maximum atomic E-state index is 10.1. The van der Waals surface area contributed by atoms with Crippen LogP contribution in [0.4, 0.5) is 0 Å². The van der Waals surface area contributed by atoms with Crippen molar-refractivity contribution < 1.29 is 72.2 Å². The quantitative estimate of drug-likeness (QED) is 0.117. The van der Waals surface area contributed by atoms with Gasteiger partial charge in [0.1, 0.15) is 0 Å². The van der Waals surface area contributed by atoms with Crippen LogP contribution in [0.25, 0.3) is 0 Å². The molecule has 6 aliphatic rings. The molecule has 0 fully saturated rings. The predicted octanol–water partition coefficient (Wildman–Crippen LogP) is 8.16. The van der Waals surface area contributed by atoms with Crippen LogP contribution >= 0.6 is 35.3 Å². The first-order chi connectivity index (χ1) is 28.5. The summed E-state index contributed by atoms with van der Waals surface area (Å²) in [6, 6.07) is 0. The zero-order valence-electron chi connectivity index (χ0n) is 36.3. The van der Waals surface area contributed by atoms with Crippen LogP contribution in [-0.2, 0) is 0 Å². The molecule has 0 radical (unpaired) electrons. The normalized spacial score (nSPS) is 20.9. The Kier molecular flexibility index (Phi) is 9.82. The Bertz CT molecular complexity index is 1950. The van der Waals surface area contributed by atoms with Gasteiger partial charge in [0.15, 0.2) is 69.0 Å². The minimum Gasteiger partial charge on any atom is -0.449 e. The topological polar surface area (TPSA) is 171 Å². The largest absolute Gasteiger partial charge is 0.449 e. The number of benzene rings is 3. The summed E-state index contributed by atoms with van der Waals surface area (Å²) >= 11 is 4.07. The molecule has 18 heteroatoms. The fraction of sp³-hybridized carbons (Fsp3) is 0.581. The first-order valence-electron chi connectivity index (χ1n) is 20.2. The van der Waals surface area contributed by atoms with Crippen LogP contribution in [0.5, 0.6) is 69.0 Å². The molecule has 0 spiro atoms. The second-order valence-electron chi connectivity index (χ2n) is 18.0. The Balaban J connectivity index is 1.48. The lowest BCUT2D eigenvalue weighted by Gasteiger charge is -2.28. The summed E-state index contributed by atoms with van der Waals surface area (Å²) in [5.74, 6) is -2.73. The fourth-order valence-corrected chi connectivity index (χ4v) is 10.7. The van der Waals surface area contributed by atoms with Gasteiger partial charge in [-0.05, 0) is 0 Å². The number of thioether (sulfide) groups is 3. The third kappa shape index (κ3) is 7.12. The summed E-state index contributed by atoms with van der Waals surface area (Å²) < 4.78 is 81.3. The van der Waals surface area contributed by atoms with E-state index in [1.807, 2.05) is 83.1 Å². The highest BCUT2D eigenvalue weighted by Gasteiger charge is 2.56. The first kappa shape index (κ1) is 42.5. The maximum absolute atomic E-state index is 10.1. The van der Waals surface area contributed by atoms with Gasteiger partial charge in [-0.3, -0.25) is 0 Å². The lowest BCUT2D eigenvalue weighted by atomic mass is 9.81. The molecule has 15 nitrogen and oxygen atoms in total. The van der Waals surface area contributed by atoms with E-state index in [4.69, 9.17) is 56.8 Å². The van der Waals surface area contributed by atoms with Gasteiger partial charge in [-0.1, -0.05) is 0 Å². The van der Waals surface area contributed by atoms with Gasteiger partial charge in [0.2, 0.25) is 34.7 Å². The number of fused-ring (bicyclic) bond motifs is 6. The number of hydrogen-bond acceptors (Lipinski definition) is 18. The van der Waals surface area contributed by atoms with E-state index >= 15 is 0 Å². The van der Waals surface area contributed by atoms with Crippen molar-refractivity contribution in [2.24, 2.45) is 0 Å². The average Bonchev–Trinajstić information content (AvgIpc) is 3.95. The van der Waals surface area contributed by atoms with E-state index in [1.165, 1.54) is 35.3 Å². The summed E-state index contributed by atoms with van der Waals surface area (Å²) in [5.41, 5.74) is 1.37. The summed E-state index contributed by atoms with van der Waals surface area (Å²) in [5, 5.41) is 30.2. The minimum absolute atomic E-state index is 0.106. The molecule has 3 aromatic rings. The Morgan fingerprint density at radius 2 is 0.475 bits per heavy atom.